The van der Waals surface area contributed by atoms with Crippen LogP contribution in [0.4, 0.5) is 4.39 Å². The maximum atomic E-state index is 13.0. The molecule has 1 aromatic heterocycles. The number of carbonyl (C=O) groups excluding carboxylic acids is 1. The maximum Gasteiger partial charge on any atom is 0.251 e. The number of rotatable bonds is 4. The second kappa shape index (κ2) is 7.55. The highest BCUT2D eigenvalue weighted by Crippen LogP contribution is 2.20. The smallest absolute Gasteiger partial charge is 0.251 e. The molecule has 1 aromatic carbocycles. The SMILES string of the molecule is O=C(C1CCCO1)N1CCN(Cc2coc(-c3ccc(F)cc3)n2)CC1. The molecule has 138 valence electrons. The summed E-state index contributed by atoms with van der Waals surface area (Å²) in [7, 11) is 0. The number of hydrogen-bond acceptors (Lipinski definition) is 5. The number of oxazole rings is 1. The van der Waals surface area contributed by atoms with Crippen LogP contribution in [-0.2, 0) is 16.1 Å². The number of benzene rings is 1. The normalized spacial score (nSPS) is 21.3. The van der Waals surface area contributed by atoms with Crippen molar-refractivity contribution in [3.05, 3.63) is 42.0 Å². The molecule has 26 heavy (non-hydrogen) atoms. The summed E-state index contributed by atoms with van der Waals surface area (Å²) in [6.07, 6.45) is 3.21. The highest BCUT2D eigenvalue weighted by molar-refractivity contribution is 5.81. The van der Waals surface area contributed by atoms with Crippen LogP contribution in [0.2, 0.25) is 0 Å². The number of nitrogens with zero attached hydrogens (tertiary/aromatic N) is 3. The van der Waals surface area contributed by atoms with Crippen LogP contribution in [0, 0.1) is 5.82 Å². The van der Waals surface area contributed by atoms with E-state index in [0.717, 1.165) is 37.2 Å². The predicted octanol–water partition coefficient (Wildman–Crippen LogP) is 2.30. The van der Waals surface area contributed by atoms with Crippen molar-refractivity contribution in [3.8, 4) is 11.5 Å². The first-order chi connectivity index (χ1) is 12.7. The Bertz CT molecular complexity index is 748. The quantitative estimate of drug-likeness (QED) is 0.838. The van der Waals surface area contributed by atoms with E-state index >= 15 is 0 Å². The van der Waals surface area contributed by atoms with Gasteiger partial charge in [-0.2, -0.15) is 0 Å². The van der Waals surface area contributed by atoms with Crippen LogP contribution in [0.3, 0.4) is 0 Å². The third-order valence-electron chi connectivity index (χ3n) is 4.92. The highest BCUT2D eigenvalue weighted by Gasteiger charge is 2.30. The third kappa shape index (κ3) is 3.78. The van der Waals surface area contributed by atoms with Crippen LogP contribution < -0.4 is 0 Å². The van der Waals surface area contributed by atoms with E-state index in [1.807, 2.05) is 4.90 Å². The summed E-state index contributed by atoms with van der Waals surface area (Å²) in [6.45, 7) is 4.39. The van der Waals surface area contributed by atoms with Crippen LogP contribution >= 0.6 is 0 Å². The van der Waals surface area contributed by atoms with E-state index in [2.05, 4.69) is 9.88 Å². The number of aromatic nitrogens is 1. The Morgan fingerprint density at radius 2 is 1.96 bits per heavy atom. The van der Waals surface area contributed by atoms with Gasteiger partial charge in [-0.05, 0) is 37.1 Å². The molecular formula is C19H22FN3O3. The largest absolute Gasteiger partial charge is 0.444 e. The Labute approximate surface area is 151 Å². The van der Waals surface area contributed by atoms with Crippen molar-refractivity contribution in [1.29, 1.82) is 0 Å². The van der Waals surface area contributed by atoms with Gasteiger partial charge >= 0.3 is 0 Å². The standard InChI is InChI=1S/C19H22FN3O3/c20-15-5-3-14(4-6-15)18-21-16(13-26-18)12-22-7-9-23(10-8-22)19(24)17-2-1-11-25-17/h3-6,13,17H,1-2,7-12H2. The van der Waals surface area contributed by atoms with Crippen molar-refractivity contribution in [3.63, 3.8) is 0 Å². The zero-order valence-corrected chi connectivity index (χ0v) is 14.6. The van der Waals surface area contributed by atoms with Gasteiger partial charge < -0.3 is 14.1 Å². The van der Waals surface area contributed by atoms with Crippen LogP contribution in [-0.4, -0.2) is 59.6 Å². The first-order valence-corrected chi connectivity index (χ1v) is 9.02. The fourth-order valence-electron chi connectivity index (χ4n) is 3.44. The minimum atomic E-state index is -0.282. The zero-order chi connectivity index (χ0) is 17.9. The second-order valence-corrected chi connectivity index (χ2v) is 6.75. The summed E-state index contributed by atoms with van der Waals surface area (Å²) in [6, 6.07) is 6.09. The highest BCUT2D eigenvalue weighted by atomic mass is 19.1. The molecule has 6 nitrogen and oxygen atoms in total. The summed E-state index contributed by atoms with van der Waals surface area (Å²) >= 11 is 0. The number of hydrogen-bond donors (Lipinski definition) is 0. The van der Waals surface area contributed by atoms with Crippen LogP contribution in [0.1, 0.15) is 18.5 Å². The average molecular weight is 359 g/mol. The number of halogens is 1. The van der Waals surface area contributed by atoms with Crippen molar-refractivity contribution in [1.82, 2.24) is 14.8 Å². The number of piperazine rings is 1. The van der Waals surface area contributed by atoms with Crippen molar-refractivity contribution in [2.45, 2.75) is 25.5 Å². The van der Waals surface area contributed by atoms with Gasteiger partial charge in [0.05, 0.1) is 5.69 Å². The number of amides is 1. The Morgan fingerprint density at radius 3 is 2.65 bits per heavy atom. The molecule has 7 heteroatoms. The summed E-state index contributed by atoms with van der Waals surface area (Å²) in [4.78, 5) is 21.0. The lowest BCUT2D eigenvalue weighted by molar-refractivity contribution is -0.142. The molecule has 0 saturated carbocycles. The third-order valence-corrected chi connectivity index (χ3v) is 4.92. The van der Waals surface area contributed by atoms with E-state index in [9.17, 15) is 9.18 Å². The number of carbonyl (C=O) groups is 1. The molecular weight excluding hydrogens is 337 g/mol. The Balaban J connectivity index is 1.30. The second-order valence-electron chi connectivity index (χ2n) is 6.75. The molecule has 0 aliphatic carbocycles. The Kier molecular flexibility index (Phi) is 4.99. The first kappa shape index (κ1) is 17.2. The monoisotopic (exact) mass is 359 g/mol. The molecule has 1 atom stereocenters. The van der Waals surface area contributed by atoms with E-state index in [-0.39, 0.29) is 17.8 Å². The van der Waals surface area contributed by atoms with Crippen molar-refractivity contribution < 1.29 is 18.3 Å². The lowest BCUT2D eigenvalue weighted by Gasteiger charge is -2.35. The summed E-state index contributed by atoms with van der Waals surface area (Å²) in [5.74, 6) is 0.338. The summed E-state index contributed by atoms with van der Waals surface area (Å²) in [5, 5.41) is 0. The van der Waals surface area contributed by atoms with E-state index in [0.29, 0.717) is 32.1 Å². The molecule has 2 aliphatic heterocycles. The molecule has 1 amide bonds. The molecule has 2 fully saturated rings. The van der Waals surface area contributed by atoms with E-state index in [1.54, 1.807) is 18.4 Å². The fourth-order valence-corrected chi connectivity index (χ4v) is 3.44. The van der Waals surface area contributed by atoms with Gasteiger partial charge in [0.25, 0.3) is 5.91 Å². The van der Waals surface area contributed by atoms with Gasteiger partial charge in [-0.15, -0.1) is 0 Å². The molecule has 4 rings (SSSR count). The van der Waals surface area contributed by atoms with Gasteiger partial charge in [0.1, 0.15) is 18.2 Å². The van der Waals surface area contributed by atoms with Gasteiger partial charge in [0, 0.05) is 44.9 Å². The molecule has 3 heterocycles. The zero-order valence-electron chi connectivity index (χ0n) is 14.6. The van der Waals surface area contributed by atoms with Gasteiger partial charge in [-0.3, -0.25) is 9.69 Å². The lowest BCUT2D eigenvalue weighted by Crippen LogP contribution is -2.51. The summed E-state index contributed by atoms with van der Waals surface area (Å²) < 4.78 is 24.0. The van der Waals surface area contributed by atoms with Gasteiger partial charge in [0.15, 0.2) is 0 Å². The van der Waals surface area contributed by atoms with E-state index < -0.39 is 0 Å². The molecule has 0 bridgehead atoms. The average Bonchev–Trinajstić information content (AvgIpc) is 3.35. The van der Waals surface area contributed by atoms with Gasteiger partial charge in [-0.25, -0.2) is 9.37 Å². The minimum absolute atomic E-state index is 0.127. The van der Waals surface area contributed by atoms with Crippen molar-refractivity contribution >= 4 is 5.91 Å². The van der Waals surface area contributed by atoms with E-state index in [4.69, 9.17) is 9.15 Å². The van der Waals surface area contributed by atoms with Crippen molar-refractivity contribution in [2.75, 3.05) is 32.8 Å². The van der Waals surface area contributed by atoms with Crippen LogP contribution in [0.15, 0.2) is 34.9 Å². The van der Waals surface area contributed by atoms with Crippen LogP contribution in [0.5, 0.6) is 0 Å². The molecule has 1 unspecified atom stereocenters. The maximum absolute atomic E-state index is 13.0. The van der Waals surface area contributed by atoms with Gasteiger partial charge in [-0.1, -0.05) is 0 Å². The minimum Gasteiger partial charge on any atom is -0.444 e. The predicted molar refractivity (Wildman–Crippen MR) is 92.7 cm³/mol. The van der Waals surface area contributed by atoms with Gasteiger partial charge in [0.2, 0.25) is 5.89 Å². The molecule has 0 radical (unpaired) electrons. The lowest BCUT2D eigenvalue weighted by atomic mass is 10.2. The Morgan fingerprint density at radius 1 is 1.19 bits per heavy atom. The molecule has 0 spiro atoms. The topological polar surface area (TPSA) is 58.8 Å². The first-order valence-electron chi connectivity index (χ1n) is 9.02. The molecule has 2 aliphatic rings. The number of ether oxygens (including phenoxy) is 1. The van der Waals surface area contributed by atoms with Crippen LogP contribution in [0.25, 0.3) is 11.5 Å². The van der Waals surface area contributed by atoms with E-state index in [1.165, 1.54) is 12.1 Å². The fraction of sp³-hybridized carbons (Fsp3) is 0.474. The molecule has 2 saturated heterocycles. The summed E-state index contributed by atoms with van der Waals surface area (Å²) in [5.41, 5.74) is 1.59. The molecule has 0 N–H and O–H groups in total. The van der Waals surface area contributed by atoms with Crippen molar-refractivity contribution in [2.24, 2.45) is 0 Å². The molecule has 2 aromatic rings. The Hall–Kier alpha value is -2.25.